The number of carbonyl (C=O) groups excluding carboxylic acids is 1. The zero-order valence-corrected chi connectivity index (χ0v) is 13.9. The Morgan fingerprint density at radius 3 is 2.33 bits per heavy atom. The monoisotopic (exact) mass is 346 g/mol. The van der Waals surface area contributed by atoms with Gasteiger partial charge in [0.25, 0.3) is 5.91 Å². The molecule has 0 N–H and O–H groups in total. The molecule has 0 aliphatic carbocycles. The number of nitrogens with zero attached hydrogens (tertiary/aromatic N) is 2. The summed E-state index contributed by atoms with van der Waals surface area (Å²) in [5.41, 5.74) is 0.827. The summed E-state index contributed by atoms with van der Waals surface area (Å²) in [6, 6.07) is 12.5. The molecule has 6 nitrogen and oxygen atoms in total. The Morgan fingerprint density at radius 2 is 1.71 bits per heavy atom. The Hall–Kier alpha value is -2.38. The zero-order chi connectivity index (χ0) is 17.0. The van der Waals surface area contributed by atoms with Crippen LogP contribution in [0.15, 0.2) is 58.6 Å². The van der Waals surface area contributed by atoms with Crippen molar-refractivity contribution in [3.63, 3.8) is 0 Å². The molecule has 0 saturated carbocycles. The van der Waals surface area contributed by atoms with Crippen molar-refractivity contribution in [2.45, 2.75) is 0 Å². The molecule has 0 unspecified atom stereocenters. The highest BCUT2D eigenvalue weighted by Crippen LogP contribution is 2.14. The number of rotatable bonds is 4. The minimum absolute atomic E-state index is 0.211. The summed E-state index contributed by atoms with van der Waals surface area (Å²) >= 11 is 0. The minimum Gasteiger partial charge on any atom is -0.459 e. The van der Waals surface area contributed by atoms with Crippen molar-refractivity contribution in [3.05, 3.63) is 65.5 Å². The van der Waals surface area contributed by atoms with Crippen molar-refractivity contribution in [2.75, 3.05) is 26.2 Å². The Kier molecular flexibility index (Phi) is 4.82. The van der Waals surface area contributed by atoms with Gasteiger partial charge in [-0.15, -0.1) is 0 Å². The molecule has 1 aliphatic rings. The minimum atomic E-state index is -3.49. The van der Waals surface area contributed by atoms with Crippen molar-refractivity contribution in [2.24, 2.45) is 0 Å². The predicted molar refractivity (Wildman–Crippen MR) is 90.6 cm³/mol. The molecule has 0 bridgehead atoms. The van der Waals surface area contributed by atoms with Crippen molar-refractivity contribution in [1.82, 2.24) is 9.21 Å². The van der Waals surface area contributed by atoms with E-state index in [1.165, 1.54) is 16.0 Å². The van der Waals surface area contributed by atoms with Gasteiger partial charge in [0.2, 0.25) is 10.0 Å². The van der Waals surface area contributed by atoms with E-state index >= 15 is 0 Å². The summed E-state index contributed by atoms with van der Waals surface area (Å²) in [5.74, 6) is 0.0622. The molecule has 1 aromatic carbocycles. The summed E-state index contributed by atoms with van der Waals surface area (Å²) in [4.78, 5) is 13.8. The standard InChI is InChI=1S/C17H18N2O4S/c20-17(16-7-4-13-23-16)18-9-11-19(12-10-18)24(21,22)14-8-15-5-2-1-3-6-15/h1-8,13-14H,9-12H2/b14-8+. The maximum atomic E-state index is 12.4. The Balaban J connectivity index is 1.61. The Labute approximate surface area is 141 Å². The smallest absolute Gasteiger partial charge is 0.289 e. The summed E-state index contributed by atoms with van der Waals surface area (Å²) in [5, 5.41) is 1.21. The average molecular weight is 346 g/mol. The first-order valence-electron chi connectivity index (χ1n) is 7.62. The molecular formula is C17H18N2O4S. The van der Waals surface area contributed by atoms with Gasteiger partial charge in [-0.1, -0.05) is 30.3 Å². The van der Waals surface area contributed by atoms with Crippen LogP contribution in [0.1, 0.15) is 16.1 Å². The normalized spacial score (nSPS) is 16.6. The van der Waals surface area contributed by atoms with Gasteiger partial charge in [0, 0.05) is 31.6 Å². The van der Waals surface area contributed by atoms with E-state index in [4.69, 9.17) is 4.42 Å². The fourth-order valence-electron chi connectivity index (χ4n) is 2.52. The maximum absolute atomic E-state index is 12.4. The number of amides is 1. The molecule has 7 heteroatoms. The van der Waals surface area contributed by atoms with Crippen molar-refractivity contribution >= 4 is 22.0 Å². The number of hydrogen-bond acceptors (Lipinski definition) is 4. The van der Waals surface area contributed by atoms with Crippen LogP contribution in [-0.4, -0.2) is 49.7 Å². The van der Waals surface area contributed by atoms with Crippen LogP contribution in [0.4, 0.5) is 0 Å². The van der Waals surface area contributed by atoms with Crippen LogP contribution in [0.2, 0.25) is 0 Å². The van der Waals surface area contributed by atoms with Crippen LogP contribution >= 0.6 is 0 Å². The summed E-state index contributed by atoms with van der Waals surface area (Å²) in [6.45, 7) is 1.23. The molecule has 2 heterocycles. The maximum Gasteiger partial charge on any atom is 0.289 e. The van der Waals surface area contributed by atoms with Gasteiger partial charge in [0.05, 0.1) is 6.26 Å². The average Bonchev–Trinajstić information content (AvgIpc) is 3.15. The number of carbonyl (C=O) groups is 1. The highest BCUT2D eigenvalue weighted by molar-refractivity contribution is 7.92. The first kappa shape index (κ1) is 16.5. The van der Waals surface area contributed by atoms with E-state index in [2.05, 4.69) is 0 Å². The third-order valence-electron chi connectivity index (χ3n) is 3.85. The molecule has 1 aliphatic heterocycles. The van der Waals surface area contributed by atoms with Crippen molar-refractivity contribution in [1.29, 1.82) is 0 Å². The van der Waals surface area contributed by atoms with Gasteiger partial charge < -0.3 is 9.32 Å². The first-order valence-corrected chi connectivity index (χ1v) is 9.13. The number of furan rings is 1. The van der Waals surface area contributed by atoms with E-state index in [0.717, 1.165) is 5.56 Å². The molecule has 0 radical (unpaired) electrons. The van der Waals surface area contributed by atoms with Crippen LogP contribution in [-0.2, 0) is 10.0 Å². The van der Waals surface area contributed by atoms with E-state index in [9.17, 15) is 13.2 Å². The third-order valence-corrected chi connectivity index (χ3v) is 5.41. The number of piperazine rings is 1. The van der Waals surface area contributed by atoms with Crippen LogP contribution in [0.25, 0.3) is 6.08 Å². The van der Waals surface area contributed by atoms with Crippen LogP contribution in [0.3, 0.4) is 0 Å². The van der Waals surface area contributed by atoms with Crippen LogP contribution in [0.5, 0.6) is 0 Å². The van der Waals surface area contributed by atoms with Gasteiger partial charge in [-0.2, -0.15) is 4.31 Å². The van der Waals surface area contributed by atoms with E-state index < -0.39 is 10.0 Å². The Morgan fingerprint density at radius 1 is 1.00 bits per heavy atom. The van der Waals surface area contributed by atoms with Crippen molar-refractivity contribution in [3.8, 4) is 0 Å². The molecule has 1 saturated heterocycles. The lowest BCUT2D eigenvalue weighted by Gasteiger charge is -2.32. The van der Waals surface area contributed by atoms with E-state index in [-0.39, 0.29) is 24.8 Å². The largest absolute Gasteiger partial charge is 0.459 e. The van der Waals surface area contributed by atoms with E-state index in [0.29, 0.717) is 13.1 Å². The van der Waals surface area contributed by atoms with E-state index in [1.54, 1.807) is 23.1 Å². The Bertz CT molecular complexity index is 806. The SMILES string of the molecule is O=C(c1ccco1)N1CCN(S(=O)(=O)/C=C/c2ccccc2)CC1. The fraction of sp³-hybridized carbons (Fsp3) is 0.235. The van der Waals surface area contributed by atoms with Gasteiger partial charge >= 0.3 is 0 Å². The van der Waals surface area contributed by atoms with Crippen LogP contribution in [0, 0.1) is 0 Å². The van der Waals surface area contributed by atoms with Crippen LogP contribution < -0.4 is 0 Å². The number of sulfonamides is 1. The molecule has 1 fully saturated rings. The van der Waals surface area contributed by atoms with Gasteiger partial charge in [-0.3, -0.25) is 4.79 Å². The lowest BCUT2D eigenvalue weighted by Crippen LogP contribution is -2.50. The molecule has 1 amide bonds. The predicted octanol–water partition coefficient (Wildman–Crippen LogP) is 2.04. The highest BCUT2D eigenvalue weighted by atomic mass is 32.2. The second-order valence-electron chi connectivity index (χ2n) is 5.43. The molecule has 1 aromatic heterocycles. The van der Waals surface area contributed by atoms with E-state index in [1.807, 2.05) is 30.3 Å². The molecule has 126 valence electrons. The molecule has 3 rings (SSSR count). The number of benzene rings is 1. The molecular weight excluding hydrogens is 328 g/mol. The van der Waals surface area contributed by atoms with Gasteiger partial charge in [-0.25, -0.2) is 8.42 Å². The zero-order valence-electron chi connectivity index (χ0n) is 13.0. The quantitative estimate of drug-likeness (QED) is 0.849. The second kappa shape index (κ2) is 7.02. The van der Waals surface area contributed by atoms with Gasteiger partial charge in [0.1, 0.15) is 0 Å². The number of hydrogen-bond donors (Lipinski definition) is 0. The lowest BCUT2D eigenvalue weighted by atomic mass is 10.2. The van der Waals surface area contributed by atoms with Crippen molar-refractivity contribution < 1.29 is 17.6 Å². The lowest BCUT2D eigenvalue weighted by molar-refractivity contribution is 0.0666. The van der Waals surface area contributed by atoms with Gasteiger partial charge in [0.15, 0.2) is 5.76 Å². The molecule has 2 aromatic rings. The van der Waals surface area contributed by atoms with Gasteiger partial charge in [-0.05, 0) is 23.8 Å². The first-order chi connectivity index (χ1) is 11.6. The topological polar surface area (TPSA) is 70.8 Å². The fourth-order valence-corrected chi connectivity index (χ4v) is 3.69. The third kappa shape index (κ3) is 3.74. The molecule has 0 atom stereocenters. The second-order valence-corrected chi connectivity index (χ2v) is 7.25. The molecule has 24 heavy (non-hydrogen) atoms. The molecule has 0 spiro atoms. The summed E-state index contributed by atoms with van der Waals surface area (Å²) in [7, 11) is -3.49. The highest BCUT2D eigenvalue weighted by Gasteiger charge is 2.28. The summed E-state index contributed by atoms with van der Waals surface area (Å²) in [6.07, 6.45) is 3.03. The summed E-state index contributed by atoms with van der Waals surface area (Å²) < 4.78 is 31.2.